The lowest BCUT2D eigenvalue weighted by Gasteiger charge is -2.32. The van der Waals surface area contributed by atoms with Gasteiger partial charge in [0.25, 0.3) is 0 Å². The number of benzene rings is 2. The maximum Gasteiger partial charge on any atom is 0.573 e. The van der Waals surface area contributed by atoms with E-state index in [0.29, 0.717) is 16.8 Å². The quantitative estimate of drug-likeness (QED) is 0.485. The Morgan fingerprint density at radius 1 is 1.09 bits per heavy atom. The second-order valence-electron chi connectivity index (χ2n) is 8.13. The summed E-state index contributed by atoms with van der Waals surface area (Å²) in [6.07, 6.45) is -5.23. The lowest BCUT2D eigenvalue weighted by Crippen LogP contribution is -2.40. The van der Waals surface area contributed by atoms with Gasteiger partial charge in [0.05, 0.1) is 18.0 Å². The molecule has 3 aromatic rings. The first kappa shape index (κ1) is 23.9. The molecule has 0 fully saturated rings. The van der Waals surface area contributed by atoms with Crippen molar-refractivity contribution in [3.8, 4) is 5.75 Å². The molecule has 0 radical (unpaired) electrons. The molecule has 2 heterocycles. The third-order valence-electron chi connectivity index (χ3n) is 5.78. The number of aliphatic hydroxyl groups excluding tert-OH is 1. The Morgan fingerprint density at radius 3 is 2.53 bits per heavy atom. The number of β-amino-alcohol motifs (C(OH)–C–C–N with tert-alkyl or cyclic N) is 1. The summed E-state index contributed by atoms with van der Waals surface area (Å²) in [5, 5.41) is 9.93. The van der Waals surface area contributed by atoms with E-state index in [1.165, 1.54) is 41.3 Å². The van der Waals surface area contributed by atoms with E-state index in [9.17, 15) is 31.4 Å². The SMILES string of the molecule is O[C@@H](CF)CN1CC(Cc2ccc(F)cn2)(c2cccc(OC(F)(F)F)c2)c2cccc(F)c21. The van der Waals surface area contributed by atoms with Gasteiger partial charge in [-0.2, -0.15) is 0 Å². The molecule has 1 aromatic heterocycles. The summed E-state index contributed by atoms with van der Waals surface area (Å²) in [6.45, 7) is -1.28. The molecule has 1 aliphatic rings. The van der Waals surface area contributed by atoms with Crippen molar-refractivity contribution < 1.29 is 36.2 Å². The Balaban J connectivity index is 1.88. The van der Waals surface area contributed by atoms with Crippen LogP contribution in [0.3, 0.4) is 0 Å². The summed E-state index contributed by atoms with van der Waals surface area (Å²) in [5.41, 5.74) is 0.160. The molecule has 4 nitrogen and oxygen atoms in total. The highest BCUT2D eigenvalue weighted by molar-refractivity contribution is 5.68. The zero-order valence-electron chi connectivity index (χ0n) is 17.7. The smallest absolute Gasteiger partial charge is 0.406 e. The fraction of sp³-hybridized carbons (Fsp3) is 0.292. The van der Waals surface area contributed by atoms with E-state index < -0.39 is 41.9 Å². The van der Waals surface area contributed by atoms with Crippen molar-refractivity contribution in [2.45, 2.75) is 24.3 Å². The van der Waals surface area contributed by atoms with Crippen molar-refractivity contribution in [3.63, 3.8) is 0 Å². The molecule has 1 unspecified atom stereocenters. The van der Waals surface area contributed by atoms with Crippen molar-refractivity contribution in [2.24, 2.45) is 0 Å². The number of hydrogen-bond acceptors (Lipinski definition) is 4. The number of alkyl halides is 4. The van der Waals surface area contributed by atoms with Gasteiger partial charge < -0.3 is 14.7 Å². The van der Waals surface area contributed by atoms with Crippen molar-refractivity contribution in [1.29, 1.82) is 0 Å². The maximum absolute atomic E-state index is 15.0. The Bertz CT molecular complexity index is 1150. The zero-order chi connectivity index (χ0) is 24.5. The highest BCUT2D eigenvalue weighted by atomic mass is 19.4. The second-order valence-corrected chi connectivity index (χ2v) is 8.13. The maximum atomic E-state index is 15.0. The number of pyridine rings is 1. The first-order valence-corrected chi connectivity index (χ1v) is 10.4. The van der Waals surface area contributed by atoms with Crippen LogP contribution < -0.4 is 9.64 Å². The lowest BCUT2D eigenvalue weighted by molar-refractivity contribution is -0.274. The number of fused-ring (bicyclic) bond motifs is 1. The van der Waals surface area contributed by atoms with Crippen LogP contribution in [0.5, 0.6) is 5.75 Å². The standard InChI is InChI=1S/C24H20F6N2O2/c25-11-18(33)13-32-14-23(10-17-8-7-16(26)12-31-17,20-5-2-6-21(27)22(20)32)15-3-1-4-19(9-15)34-24(28,29)30/h1-9,12,18,33H,10-11,13-14H2/t18-,23?/m0/s1. The van der Waals surface area contributed by atoms with Crippen molar-refractivity contribution in [1.82, 2.24) is 4.98 Å². The number of rotatable bonds is 7. The van der Waals surface area contributed by atoms with Crippen molar-refractivity contribution >= 4 is 5.69 Å². The van der Waals surface area contributed by atoms with E-state index in [1.807, 2.05) is 0 Å². The number of aromatic nitrogens is 1. The van der Waals surface area contributed by atoms with E-state index in [0.717, 1.165) is 12.3 Å². The van der Waals surface area contributed by atoms with Crippen LogP contribution in [0.4, 0.5) is 32.0 Å². The van der Waals surface area contributed by atoms with Crippen LogP contribution in [-0.2, 0) is 11.8 Å². The van der Waals surface area contributed by atoms with Gasteiger partial charge in [-0.3, -0.25) is 4.98 Å². The number of ether oxygens (including phenoxy) is 1. The van der Waals surface area contributed by atoms with Crippen LogP contribution in [-0.4, -0.2) is 42.3 Å². The van der Waals surface area contributed by atoms with E-state index in [1.54, 1.807) is 12.1 Å². The molecule has 1 N–H and O–H groups in total. The second kappa shape index (κ2) is 9.17. The molecular weight excluding hydrogens is 462 g/mol. The summed E-state index contributed by atoms with van der Waals surface area (Å²) in [7, 11) is 0. The highest BCUT2D eigenvalue weighted by Gasteiger charge is 2.46. The lowest BCUT2D eigenvalue weighted by atomic mass is 9.72. The molecule has 2 aromatic carbocycles. The molecule has 0 amide bonds. The molecule has 10 heteroatoms. The van der Waals surface area contributed by atoms with Gasteiger partial charge in [0.2, 0.25) is 0 Å². The van der Waals surface area contributed by atoms with Crippen LogP contribution in [0.1, 0.15) is 16.8 Å². The van der Waals surface area contributed by atoms with E-state index in [-0.39, 0.29) is 25.2 Å². The van der Waals surface area contributed by atoms with Crippen molar-refractivity contribution in [2.75, 3.05) is 24.7 Å². The van der Waals surface area contributed by atoms with Gasteiger partial charge in [-0.1, -0.05) is 24.3 Å². The summed E-state index contributed by atoms with van der Waals surface area (Å²) in [4.78, 5) is 5.55. The van der Waals surface area contributed by atoms with E-state index in [2.05, 4.69) is 9.72 Å². The van der Waals surface area contributed by atoms with Crippen LogP contribution >= 0.6 is 0 Å². The predicted molar refractivity (Wildman–Crippen MR) is 112 cm³/mol. The summed E-state index contributed by atoms with van der Waals surface area (Å²) in [6, 6.07) is 12.3. The van der Waals surface area contributed by atoms with Gasteiger partial charge in [0.1, 0.15) is 24.1 Å². The highest BCUT2D eigenvalue weighted by Crippen LogP contribution is 2.49. The fourth-order valence-electron chi connectivity index (χ4n) is 4.48. The molecule has 1 aliphatic heterocycles. The molecule has 0 spiro atoms. The van der Waals surface area contributed by atoms with Crippen LogP contribution in [0.15, 0.2) is 60.8 Å². The first-order chi connectivity index (χ1) is 16.1. The van der Waals surface area contributed by atoms with Crippen LogP contribution in [0, 0.1) is 11.6 Å². The van der Waals surface area contributed by atoms with E-state index in [4.69, 9.17) is 0 Å². The minimum absolute atomic E-state index is 0.00878. The Morgan fingerprint density at radius 2 is 1.85 bits per heavy atom. The number of para-hydroxylation sites is 1. The molecular formula is C24H20F6N2O2. The number of nitrogens with zero attached hydrogens (tertiary/aromatic N) is 2. The Labute approximate surface area is 191 Å². The molecule has 180 valence electrons. The number of hydrogen-bond donors (Lipinski definition) is 1. The number of halogens is 6. The van der Waals surface area contributed by atoms with Gasteiger partial charge in [-0.15, -0.1) is 13.2 Å². The largest absolute Gasteiger partial charge is 0.573 e. The average Bonchev–Trinajstić information content (AvgIpc) is 3.09. The molecule has 34 heavy (non-hydrogen) atoms. The minimum Gasteiger partial charge on any atom is -0.406 e. The zero-order valence-corrected chi connectivity index (χ0v) is 17.7. The average molecular weight is 482 g/mol. The number of aliphatic hydroxyl groups is 1. The van der Waals surface area contributed by atoms with Crippen molar-refractivity contribution in [3.05, 3.63) is 89.2 Å². The third kappa shape index (κ3) is 4.82. The summed E-state index contributed by atoms with van der Waals surface area (Å²) >= 11 is 0. The van der Waals surface area contributed by atoms with Gasteiger partial charge >= 0.3 is 6.36 Å². The monoisotopic (exact) mass is 482 g/mol. The predicted octanol–water partition coefficient (Wildman–Crippen LogP) is 4.94. The Hall–Kier alpha value is -3.27. The molecule has 0 bridgehead atoms. The minimum atomic E-state index is -4.92. The van der Waals surface area contributed by atoms with Crippen LogP contribution in [0.2, 0.25) is 0 Å². The topological polar surface area (TPSA) is 45.6 Å². The molecule has 0 saturated carbocycles. The van der Waals surface area contributed by atoms with Gasteiger partial charge in [0, 0.05) is 30.6 Å². The summed E-state index contributed by atoms with van der Waals surface area (Å²) in [5.74, 6) is -1.65. The molecule has 0 aliphatic carbocycles. The van der Waals surface area contributed by atoms with Gasteiger partial charge in [-0.25, -0.2) is 13.2 Å². The molecule has 4 rings (SSSR count). The van der Waals surface area contributed by atoms with Gasteiger partial charge in [-0.05, 0) is 41.5 Å². The van der Waals surface area contributed by atoms with Gasteiger partial charge in [0.15, 0.2) is 0 Å². The molecule has 0 saturated heterocycles. The van der Waals surface area contributed by atoms with Crippen LogP contribution in [0.25, 0.3) is 0 Å². The summed E-state index contributed by atoms with van der Waals surface area (Å²) < 4.78 is 84.3. The fourth-order valence-corrected chi connectivity index (χ4v) is 4.48. The number of anilines is 1. The normalized spacial score (nSPS) is 18.6. The third-order valence-corrected chi connectivity index (χ3v) is 5.78. The first-order valence-electron chi connectivity index (χ1n) is 10.4. The van der Waals surface area contributed by atoms with E-state index >= 15 is 0 Å². The Kier molecular flexibility index (Phi) is 6.44. The molecule has 2 atom stereocenters.